The molecular formula is C13H24NO2P. The Balaban J connectivity index is 0.00000121. The average molecular weight is 257 g/mol. The summed E-state index contributed by atoms with van der Waals surface area (Å²) in [6, 6.07) is 9.18. The van der Waals surface area contributed by atoms with Crippen LogP contribution < -0.4 is 9.61 Å². The zero-order valence-corrected chi connectivity index (χ0v) is 12.5. The molecule has 0 spiro atoms. The van der Waals surface area contributed by atoms with Crippen molar-refractivity contribution in [2.24, 2.45) is 0 Å². The van der Waals surface area contributed by atoms with Gasteiger partial charge in [0.25, 0.3) is 0 Å². The van der Waals surface area contributed by atoms with E-state index in [2.05, 4.69) is 5.09 Å². The van der Waals surface area contributed by atoms with Crippen molar-refractivity contribution in [2.75, 3.05) is 6.66 Å². The van der Waals surface area contributed by atoms with Crippen LogP contribution in [0, 0.1) is 0 Å². The third-order valence-corrected chi connectivity index (χ3v) is 3.20. The molecule has 98 valence electrons. The van der Waals surface area contributed by atoms with Crippen LogP contribution in [0.2, 0.25) is 0 Å². The second-order valence-corrected chi connectivity index (χ2v) is 6.71. The van der Waals surface area contributed by atoms with E-state index in [0.29, 0.717) is 5.75 Å². The minimum Gasteiger partial charge on any atom is -0.433 e. The number of nitrogens with one attached hydrogen (secondary N) is 1. The minimum absolute atomic E-state index is 0.223. The molecule has 0 aromatic heterocycles. The first-order chi connectivity index (χ1) is 7.79. The Morgan fingerprint density at radius 1 is 1.12 bits per heavy atom. The third kappa shape index (κ3) is 8.00. The van der Waals surface area contributed by atoms with Crippen LogP contribution in [0.5, 0.6) is 5.75 Å². The van der Waals surface area contributed by atoms with Crippen LogP contribution in [0.1, 0.15) is 34.6 Å². The van der Waals surface area contributed by atoms with E-state index in [9.17, 15) is 4.57 Å². The van der Waals surface area contributed by atoms with Crippen LogP contribution in [0.3, 0.4) is 0 Å². The van der Waals surface area contributed by atoms with E-state index in [1.165, 1.54) is 0 Å². The molecule has 0 heterocycles. The van der Waals surface area contributed by atoms with Crippen LogP contribution in [-0.4, -0.2) is 12.2 Å². The predicted molar refractivity (Wildman–Crippen MR) is 74.8 cm³/mol. The standard InChI is InChI=1S/C11H18NO2P.C2H6/c1-11(2,3)12-15(4,13)14-10-8-6-5-7-9-10;1-2/h5-9H,1-4H3,(H,12,13);1-2H3. The van der Waals surface area contributed by atoms with Crippen molar-refractivity contribution in [2.45, 2.75) is 40.2 Å². The number of benzene rings is 1. The van der Waals surface area contributed by atoms with Gasteiger partial charge in [0.2, 0.25) is 0 Å². The molecule has 1 N–H and O–H groups in total. The molecule has 3 nitrogen and oxygen atoms in total. The summed E-state index contributed by atoms with van der Waals surface area (Å²) in [5, 5.41) is 2.98. The molecule has 0 aliphatic heterocycles. The van der Waals surface area contributed by atoms with E-state index < -0.39 is 7.52 Å². The molecule has 0 saturated heterocycles. The highest BCUT2D eigenvalue weighted by atomic mass is 31.2. The normalized spacial score (nSPS) is 14.2. The van der Waals surface area contributed by atoms with Gasteiger partial charge in [-0.3, -0.25) is 4.57 Å². The number of para-hydroxylation sites is 1. The fourth-order valence-electron chi connectivity index (χ4n) is 1.31. The van der Waals surface area contributed by atoms with Crippen LogP contribution in [0.15, 0.2) is 30.3 Å². The predicted octanol–water partition coefficient (Wildman–Crippen LogP) is 4.30. The van der Waals surface area contributed by atoms with Crippen LogP contribution in [0.4, 0.5) is 0 Å². The third-order valence-electron chi connectivity index (χ3n) is 1.56. The van der Waals surface area contributed by atoms with Crippen molar-refractivity contribution >= 4 is 7.52 Å². The summed E-state index contributed by atoms with van der Waals surface area (Å²) in [4.78, 5) is 0. The molecule has 4 heteroatoms. The summed E-state index contributed by atoms with van der Waals surface area (Å²) in [6.45, 7) is 11.5. The van der Waals surface area contributed by atoms with Gasteiger partial charge < -0.3 is 4.52 Å². The quantitative estimate of drug-likeness (QED) is 0.820. The SMILES string of the molecule is CC.CC(C)(C)NP(C)(=O)Oc1ccccc1. The van der Waals surface area contributed by atoms with Gasteiger partial charge in [0, 0.05) is 12.2 Å². The average Bonchev–Trinajstić information content (AvgIpc) is 2.17. The molecule has 1 aromatic rings. The smallest absolute Gasteiger partial charge is 0.314 e. The van der Waals surface area contributed by atoms with Gasteiger partial charge >= 0.3 is 7.52 Å². The Labute approximate surface area is 105 Å². The molecule has 0 radical (unpaired) electrons. The molecule has 1 unspecified atom stereocenters. The van der Waals surface area contributed by atoms with Gasteiger partial charge in [0.1, 0.15) is 5.75 Å². The van der Waals surface area contributed by atoms with E-state index in [-0.39, 0.29) is 5.54 Å². The molecule has 1 atom stereocenters. The van der Waals surface area contributed by atoms with Crippen molar-refractivity contribution in [3.05, 3.63) is 30.3 Å². The van der Waals surface area contributed by atoms with Crippen molar-refractivity contribution in [3.8, 4) is 5.75 Å². The number of hydrogen-bond acceptors (Lipinski definition) is 2. The van der Waals surface area contributed by atoms with Gasteiger partial charge in [0.15, 0.2) is 0 Å². The molecule has 0 amide bonds. The maximum atomic E-state index is 12.1. The Bertz CT molecular complexity index is 357. The summed E-state index contributed by atoms with van der Waals surface area (Å²) in [6.07, 6.45) is 0. The van der Waals surface area contributed by atoms with E-state index in [0.717, 1.165) is 0 Å². The highest BCUT2D eigenvalue weighted by Crippen LogP contribution is 2.40. The first-order valence-electron chi connectivity index (χ1n) is 5.90. The fraction of sp³-hybridized carbons (Fsp3) is 0.538. The van der Waals surface area contributed by atoms with Crippen molar-refractivity contribution < 1.29 is 9.09 Å². The van der Waals surface area contributed by atoms with Crippen molar-refractivity contribution in [1.29, 1.82) is 0 Å². The van der Waals surface area contributed by atoms with Gasteiger partial charge in [-0.2, -0.15) is 0 Å². The highest BCUT2D eigenvalue weighted by molar-refractivity contribution is 7.56. The zero-order chi connectivity index (χ0) is 13.5. The monoisotopic (exact) mass is 257 g/mol. The van der Waals surface area contributed by atoms with Gasteiger partial charge in [0.05, 0.1) is 0 Å². The largest absolute Gasteiger partial charge is 0.433 e. The lowest BCUT2D eigenvalue weighted by atomic mass is 10.1. The lowest BCUT2D eigenvalue weighted by Crippen LogP contribution is -2.34. The fourth-order valence-corrected chi connectivity index (χ4v) is 3.10. The Morgan fingerprint density at radius 2 is 1.59 bits per heavy atom. The molecule has 1 rings (SSSR count). The van der Waals surface area contributed by atoms with E-state index >= 15 is 0 Å². The Kier molecular flexibility index (Phi) is 6.51. The lowest BCUT2D eigenvalue weighted by molar-refractivity contribution is 0.429. The van der Waals surface area contributed by atoms with E-state index in [1.54, 1.807) is 18.8 Å². The zero-order valence-electron chi connectivity index (χ0n) is 11.7. The maximum Gasteiger partial charge on any atom is 0.314 e. The van der Waals surface area contributed by atoms with Crippen LogP contribution >= 0.6 is 7.52 Å². The molecular weight excluding hydrogens is 233 g/mol. The van der Waals surface area contributed by atoms with E-state index in [1.807, 2.05) is 52.8 Å². The summed E-state index contributed by atoms with van der Waals surface area (Å²) in [7, 11) is -2.79. The molecule has 0 saturated carbocycles. The summed E-state index contributed by atoms with van der Waals surface area (Å²) < 4.78 is 17.5. The van der Waals surface area contributed by atoms with Crippen LogP contribution in [-0.2, 0) is 4.57 Å². The first-order valence-corrected chi connectivity index (χ1v) is 7.97. The summed E-state index contributed by atoms with van der Waals surface area (Å²) in [5.41, 5.74) is -0.223. The summed E-state index contributed by atoms with van der Waals surface area (Å²) in [5.74, 6) is 0.625. The van der Waals surface area contributed by atoms with E-state index in [4.69, 9.17) is 4.52 Å². The highest BCUT2D eigenvalue weighted by Gasteiger charge is 2.24. The second-order valence-electron chi connectivity index (χ2n) is 4.61. The van der Waals surface area contributed by atoms with Crippen molar-refractivity contribution in [3.63, 3.8) is 0 Å². The summed E-state index contributed by atoms with van der Waals surface area (Å²) >= 11 is 0. The van der Waals surface area contributed by atoms with Gasteiger partial charge in [-0.1, -0.05) is 32.0 Å². The topological polar surface area (TPSA) is 38.3 Å². The second kappa shape index (κ2) is 6.83. The van der Waals surface area contributed by atoms with Gasteiger partial charge in [-0.15, -0.1) is 0 Å². The molecule has 0 aliphatic carbocycles. The minimum atomic E-state index is -2.79. The number of hydrogen-bond donors (Lipinski definition) is 1. The van der Waals surface area contributed by atoms with Gasteiger partial charge in [-0.05, 0) is 32.9 Å². The maximum absolute atomic E-state index is 12.1. The molecule has 17 heavy (non-hydrogen) atoms. The first kappa shape index (κ1) is 16.2. The van der Waals surface area contributed by atoms with Gasteiger partial charge in [-0.25, -0.2) is 5.09 Å². The Morgan fingerprint density at radius 3 is 2.00 bits per heavy atom. The molecule has 1 aromatic carbocycles. The molecule has 0 fully saturated rings. The lowest BCUT2D eigenvalue weighted by Gasteiger charge is -2.26. The van der Waals surface area contributed by atoms with Crippen molar-refractivity contribution in [1.82, 2.24) is 5.09 Å². The van der Waals surface area contributed by atoms with Crippen LogP contribution in [0.25, 0.3) is 0 Å². The number of rotatable bonds is 3. The molecule has 0 aliphatic rings. The Hall–Kier alpha value is -0.790. The molecule has 0 bridgehead atoms.